The van der Waals surface area contributed by atoms with Gasteiger partial charge < -0.3 is 10.8 Å². The lowest BCUT2D eigenvalue weighted by atomic mass is 9.70. The Hall–Kier alpha value is -0.410. The third-order valence-electron chi connectivity index (χ3n) is 4.29. The van der Waals surface area contributed by atoms with E-state index in [0.29, 0.717) is 18.3 Å². The molecule has 0 aromatic heterocycles. The van der Waals surface area contributed by atoms with Crippen LogP contribution in [0, 0.1) is 17.8 Å². The van der Waals surface area contributed by atoms with Crippen molar-refractivity contribution in [2.45, 2.75) is 65.0 Å². The largest absolute Gasteiger partial charge is 0.392 e. The highest BCUT2D eigenvalue weighted by atomic mass is 16.3. The maximum absolute atomic E-state index is 11.7. The third-order valence-corrected chi connectivity index (χ3v) is 4.29. The van der Waals surface area contributed by atoms with Crippen molar-refractivity contribution in [2.75, 3.05) is 0 Å². The summed E-state index contributed by atoms with van der Waals surface area (Å²) in [7, 11) is 0. The van der Waals surface area contributed by atoms with E-state index in [9.17, 15) is 9.90 Å². The standard InChI is InChI=1S/C14H27NO2/c1-4-13(15)14(17)8-11-6-5-9(2)7-12(11)10(3)16/h9,11-14,17H,4-8,15H2,1-3H3. The molecule has 0 amide bonds. The van der Waals surface area contributed by atoms with Gasteiger partial charge in [0.05, 0.1) is 6.10 Å². The molecule has 0 aliphatic heterocycles. The summed E-state index contributed by atoms with van der Waals surface area (Å²) in [5.41, 5.74) is 5.85. The highest BCUT2D eigenvalue weighted by Gasteiger charge is 2.33. The summed E-state index contributed by atoms with van der Waals surface area (Å²) in [5, 5.41) is 10.00. The average Bonchev–Trinajstić information content (AvgIpc) is 2.29. The van der Waals surface area contributed by atoms with E-state index in [1.165, 1.54) is 6.42 Å². The van der Waals surface area contributed by atoms with Crippen molar-refractivity contribution < 1.29 is 9.90 Å². The topological polar surface area (TPSA) is 63.3 Å². The Morgan fingerprint density at radius 2 is 2.12 bits per heavy atom. The minimum atomic E-state index is -0.458. The lowest BCUT2D eigenvalue weighted by molar-refractivity contribution is -0.124. The lowest BCUT2D eigenvalue weighted by Crippen LogP contribution is -2.39. The minimum Gasteiger partial charge on any atom is -0.392 e. The molecule has 0 bridgehead atoms. The van der Waals surface area contributed by atoms with Gasteiger partial charge in [-0.25, -0.2) is 0 Å². The summed E-state index contributed by atoms with van der Waals surface area (Å²) in [6, 6.07) is -0.151. The fraction of sp³-hybridized carbons (Fsp3) is 0.929. The molecule has 3 nitrogen and oxygen atoms in total. The molecule has 5 unspecified atom stereocenters. The number of hydrogen-bond acceptors (Lipinski definition) is 3. The van der Waals surface area contributed by atoms with Gasteiger partial charge in [0.15, 0.2) is 0 Å². The molecular weight excluding hydrogens is 214 g/mol. The first-order valence-electron chi connectivity index (χ1n) is 6.89. The molecule has 0 saturated heterocycles. The minimum absolute atomic E-state index is 0.137. The number of carbonyl (C=O) groups is 1. The number of Topliss-reactive ketones (excluding diaryl/α,β-unsaturated/α-hetero) is 1. The van der Waals surface area contributed by atoms with Crippen molar-refractivity contribution in [3.8, 4) is 0 Å². The smallest absolute Gasteiger partial charge is 0.133 e. The lowest BCUT2D eigenvalue weighted by Gasteiger charge is -2.35. The molecular formula is C14H27NO2. The van der Waals surface area contributed by atoms with Crippen molar-refractivity contribution >= 4 is 5.78 Å². The number of aliphatic hydroxyl groups is 1. The number of carbonyl (C=O) groups excluding carboxylic acids is 1. The molecule has 3 heteroatoms. The Bertz CT molecular complexity index is 255. The molecule has 0 aromatic rings. The van der Waals surface area contributed by atoms with E-state index in [2.05, 4.69) is 6.92 Å². The van der Waals surface area contributed by atoms with Gasteiger partial charge in [0, 0.05) is 12.0 Å². The van der Waals surface area contributed by atoms with Crippen molar-refractivity contribution in [1.82, 2.24) is 0 Å². The van der Waals surface area contributed by atoms with Gasteiger partial charge in [0.2, 0.25) is 0 Å². The van der Waals surface area contributed by atoms with Gasteiger partial charge in [-0.15, -0.1) is 0 Å². The average molecular weight is 241 g/mol. The molecule has 100 valence electrons. The maximum atomic E-state index is 11.7. The molecule has 3 N–H and O–H groups in total. The predicted molar refractivity (Wildman–Crippen MR) is 69.6 cm³/mol. The van der Waals surface area contributed by atoms with Gasteiger partial charge in [0.25, 0.3) is 0 Å². The van der Waals surface area contributed by atoms with Crippen molar-refractivity contribution in [3.05, 3.63) is 0 Å². The second-order valence-electron chi connectivity index (χ2n) is 5.77. The van der Waals surface area contributed by atoms with Gasteiger partial charge in [-0.3, -0.25) is 4.79 Å². The van der Waals surface area contributed by atoms with E-state index in [0.717, 1.165) is 19.3 Å². The van der Waals surface area contributed by atoms with Gasteiger partial charge in [-0.2, -0.15) is 0 Å². The molecule has 5 atom stereocenters. The van der Waals surface area contributed by atoms with Gasteiger partial charge in [-0.1, -0.05) is 20.3 Å². The van der Waals surface area contributed by atoms with Crippen molar-refractivity contribution in [3.63, 3.8) is 0 Å². The summed E-state index contributed by atoms with van der Waals surface area (Å²) < 4.78 is 0. The molecule has 1 aliphatic carbocycles. The van der Waals surface area contributed by atoms with E-state index in [1.54, 1.807) is 6.92 Å². The highest BCUT2D eigenvalue weighted by molar-refractivity contribution is 5.78. The molecule has 1 saturated carbocycles. The van der Waals surface area contributed by atoms with Crippen LogP contribution < -0.4 is 5.73 Å². The summed E-state index contributed by atoms with van der Waals surface area (Å²) in [5.74, 6) is 1.38. The predicted octanol–water partition coefficient (Wildman–Crippen LogP) is 2.12. The van der Waals surface area contributed by atoms with E-state index in [4.69, 9.17) is 5.73 Å². The second-order valence-corrected chi connectivity index (χ2v) is 5.77. The molecule has 1 fully saturated rings. The van der Waals surface area contributed by atoms with Gasteiger partial charge in [-0.05, 0) is 44.4 Å². The Kier molecular flexibility index (Phi) is 5.60. The SMILES string of the molecule is CCC(N)C(O)CC1CCC(C)CC1C(C)=O. The summed E-state index contributed by atoms with van der Waals surface area (Å²) in [4.78, 5) is 11.7. The van der Waals surface area contributed by atoms with Crippen LogP contribution in [0.5, 0.6) is 0 Å². The number of nitrogens with two attached hydrogens (primary N) is 1. The zero-order valence-corrected chi connectivity index (χ0v) is 11.4. The molecule has 0 spiro atoms. The number of ketones is 1. The van der Waals surface area contributed by atoms with Crippen LogP contribution in [-0.4, -0.2) is 23.0 Å². The van der Waals surface area contributed by atoms with Crippen LogP contribution in [0.25, 0.3) is 0 Å². The number of rotatable bonds is 5. The van der Waals surface area contributed by atoms with Gasteiger partial charge >= 0.3 is 0 Å². The molecule has 1 rings (SSSR count). The van der Waals surface area contributed by atoms with Gasteiger partial charge in [0.1, 0.15) is 5.78 Å². The highest BCUT2D eigenvalue weighted by Crippen LogP contribution is 2.37. The second kappa shape index (κ2) is 6.50. The zero-order valence-electron chi connectivity index (χ0n) is 11.4. The van der Waals surface area contributed by atoms with Crippen LogP contribution >= 0.6 is 0 Å². The molecule has 17 heavy (non-hydrogen) atoms. The van der Waals surface area contributed by atoms with Crippen LogP contribution in [0.15, 0.2) is 0 Å². The van der Waals surface area contributed by atoms with Crippen LogP contribution in [0.1, 0.15) is 52.9 Å². The number of aliphatic hydroxyl groups excluding tert-OH is 1. The van der Waals surface area contributed by atoms with Crippen molar-refractivity contribution in [2.24, 2.45) is 23.5 Å². The Balaban J connectivity index is 2.58. The zero-order chi connectivity index (χ0) is 13.0. The first-order valence-corrected chi connectivity index (χ1v) is 6.89. The molecule has 0 heterocycles. The van der Waals surface area contributed by atoms with E-state index in [-0.39, 0.29) is 17.7 Å². The third kappa shape index (κ3) is 4.07. The van der Waals surface area contributed by atoms with E-state index in [1.807, 2.05) is 6.92 Å². The number of hydrogen-bond donors (Lipinski definition) is 2. The quantitative estimate of drug-likeness (QED) is 0.775. The maximum Gasteiger partial charge on any atom is 0.133 e. The fourth-order valence-electron chi connectivity index (χ4n) is 2.98. The van der Waals surface area contributed by atoms with Crippen LogP contribution in [0.4, 0.5) is 0 Å². The molecule has 0 radical (unpaired) electrons. The molecule has 1 aliphatic rings. The summed E-state index contributed by atoms with van der Waals surface area (Å²) in [6.07, 6.45) is 4.22. The summed E-state index contributed by atoms with van der Waals surface area (Å²) >= 11 is 0. The van der Waals surface area contributed by atoms with E-state index >= 15 is 0 Å². The Morgan fingerprint density at radius 3 is 2.65 bits per heavy atom. The molecule has 0 aromatic carbocycles. The van der Waals surface area contributed by atoms with E-state index < -0.39 is 6.10 Å². The van der Waals surface area contributed by atoms with Crippen molar-refractivity contribution in [1.29, 1.82) is 0 Å². The normalized spacial score (nSPS) is 33.1. The Labute approximate surface area is 105 Å². The first kappa shape index (κ1) is 14.7. The van der Waals surface area contributed by atoms with Crippen LogP contribution in [0.3, 0.4) is 0 Å². The monoisotopic (exact) mass is 241 g/mol. The fourth-order valence-corrected chi connectivity index (χ4v) is 2.98. The van der Waals surface area contributed by atoms with Crippen LogP contribution in [0.2, 0.25) is 0 Å². The Morgan fingerprint density at radius 1 is 1.47 bits per heavy atom. The first-order chi connectivity index (χ1) is 7.95. The van der Waals surface area contributed by atoms with Crippen LogP contribution in [-0.2, 0) is 4.79 Å². The summed E-state index contributed by atoms with van der Waals surface area (Å²) in [6.45, 7) is 5.88.